The van der Waals surface area contributed by atoms with Gasteiger partial charge < -0.3 is 10.2 Å². The molecule has 0 saturated carbocycles. The molecule has 0 aromatic heterocycles. The van der Waals surface area contributed by atoms with Crippen molar-refractivity contribution in [2.45, 2.75) is 18.7 Å². The summed E-state index contributed by atoms with van der Waals surface area (Å²) in [5, 5.41) is 3.37. The summed E-state index contributed by atoms with van der Waals surface area (Å²) in [5.41, 5.74) is 1.02. The Bertz CT molecular complexity index is 448. The van der Waals surface area contributed by atoms with Crippen LogP contribution in [0, 0.1) is 0 Å². The molecular formula is C13H17ClN2OS2. The van der Waals surface area contributed by atoms with E-state index in [1.54, 1.807) is 0 Å². The molecule has 1 aromatic rings. The Labute approximate surface area is 128 Å². The van der Waals surface area contributed by atoms with Crippen LogP contribution in [0.4, 0.5) is 0 Å². The highest BCUT2D eigenvalue weighted by Crippen LogP contribution is 2.15. The molecule has 3 nitrogen and oxygen atoms in total. The monoisotopic (exact) mass is 316 g/mol. The fourth-order valence-electron chi connectivity index (χ4n) is 1.25. The van der Waals surface area contributed by atoms with Gasteiger partial charge in [-0.2, -0.15) is 0 Å². The molecule has 1 N–H and O–H groups in total. The average Bonchev–Trinajstić information content (AvgIpc) is 2.37. The van der Waals surface area contributed by atoms with E-state index in [2.05, 4.69) is 5.32 Å². The smallest absolute Gasteiger partial charge is 0.233 e. The van der Waals surface area contributed by atoms with Gasteiger partial charge in [0.2, 0.25) is 5.91 Å². The quantitative estimate of drug-likeness (QED) is 0.866. The summed E-state index contributed by atoms with van der Waals surface area (Å²) in [6.45, 7) is 2.34. The lowest BCUT2D eigenvalue weighted by molar-refractivity contribution is -0.120. The zero-order valence-corrected chi connectivity index (χ0v) is 13.5. The van der Waals surface area contributed by atoms with Gasteiger partial charge in [0, 0.05) is 25.7 Å². The molecule has 1 rings (SSSR count). The first-order valence-corrected chi connectivity index (χ1v) is 7.47. The van der Waals surface area contributed by atoms with Gasteiger partial charge in [-0.3, -0.25) is 4.79 Å². The minimum absolute atomic E-state index is 0.0239. The standard InChI is InChI=1S/C13H17ClN2OS2/c1-9(19-13(18)16(2)3)12(17)15-8-10-4-6-11(14)7-5-10/h4-7,9H,8H2,1-3H3,(H,15,17)/t9-/m0/s1. The summed E-state index contributed by atoms with van der Waals surface area (Å²) < 4.78 is 0.703. The zero-order valence-electron chi connectivity index (χ0n) is 11.1. The normalized spacial score (nSPS) is 11.8. The lowest BCUT2D eigenvalue weighted by Gasteiger charge is -2.17. The molecule has 6 heteroatoms. The number of carbonyl (C=O) groups is 1. The van der Waals surface area contributed by atoms with E-state index in [1.165, 1.54) is 11.8 Å². The van der Waals surface area contributed by atoms with Crippen molar-refractivity contribution in [3.8, 4) is 0 Å². The number of carbonyl (C=O) groups excluding carboxylic acids is 1. The first-order valence-electron chi connectivity index (χ1n) is 5.80. The molecular weight excluding hydrogens is 300 g/mol. The van der Waals surface area contributed by atoms with Crippen molar-refractivity contribution in [3.05, 3.63) is 34.9 Å². The van der Waals surface area contributed by atoms with Crippen molar-refractivity contribution < 1.29 is 4.79 Å². The Kier molecular flexibility index (Phi) is 6.62. The number of amides is 1. The van der Waals surface area contributed by atoms with E-state index in [0.29, 0.717) is 15.9 Å². The third kappa shape index (κ3) is 5.80. The summed E-state index contributed by atoms with van der Waals surface area (Å²) in [4.78, 5) is 13.7. The molecule has 0 radical (unpaired) electrons. The minimum atomic E-state index is -0.206. The molecule has 1 atom stereocenters. The number of hydrogen-bond donors (Lipinski definition) is 1. The molecule has 1 amide bonds. The number of nitrogens with zero attached hydrogens (tertiary/aromatic N) is 1. The first-order chi connectivity index (χ1) is 8.90. The van der Waals surface area contributed by atoms with E-state index >= 15 is 0 Å². The van der Waals surface area contributed by atoms with Gasteiger partial charge >= 0.3 is 0 Å². The van der Waals surface area contributed by atoms with Crippen LogP contribution in [0.1, 0.15) is 12.5 Å². The second kappa shape index (κ2) is 7.72. The Morgan fingerprint density at radius 2 is 2.00 bits per heavy atom. The fraction of sp³-hybridized carbons (Fsp3) is 0.385. The van der Waals surface area contributed by atoms with Crippen molar-refractivity contribution in [2.24, 2.45) is 0 Å². The van der Waals surface area contributed by atoms with Gasteiger partial charge in [0.05, 0.1) is 5.25 Å². The van der Waals surface area contributed by atoms with E-state index in [0.717, 1.165) is 5.56 Å². The predicted molar refractivity (Wildman–Crippen MR) is 86.6 cm³/mol. The van der Waals surface area contributed by atoms with E-state index in [9.17, 15) is 4.79 Å². The van der Waals surface area contributed by atoms with Crippen molar-refractivity contribution in [3.63, 3.8) is 0 Å². The number of thiocarbonyl (C=S) groups is 1. The molecule has 104 valence electrons. The van der Waals surface area contributed by atoms with Gasteiger partial charge in [-0.1, -0.05) is 47.7 Å². The molecule has 0 bridgehead atoms. The first kappa shape index (κ1) is 16.3. The molecule has 0 aliphatic carbocycles. The molecule has 0 fully saturated rings. The van der Waals surface area contributed by atoms with Crippen molar-refractivity contribution in [2.75, 3.05) is 14.1 Å². The van der Waals surface area contributed by atoms with Gasteiger partial charge in [0.25, 0.3) is 0 Å². The SMILES string of the molecule is C[C@H](SC(=S)N(C)C)C(=O)NCc1ccc(Cl)cc1. The van der Waals surface area contributed by atoms with Crippen LogP contribution < -0.4 is 5.32 Å². The average molecular weight is 317 g/mol. The topological polar surface area (TPSA) is 32.3 Å². The van der Waals surface area contributed by atoms with Gasteiger partial charge in [-0.15, -0.1) is 0 Å². The summed E-state index contributed by atoms with van der Waals surface area (Å²) in [7, 11) is 3.74. The Morgan fingerprint density at radius 3 is 2.53 bits per heavy atom. The number of hydrogen-bond acceptors (Lipinski definition) is 3. The van der Waals surface area contributed by atoms with Crippen LogP contribution in [-0.2, 0) is 11.3 Å². The van der Waals surface area contributed by atoms with Crippen LogP contribution in [0.2, 0.25) is 5.02 Å². The number of rotatable bonds is 4. The van der Waals surface area contributed by atoms with Crippen molar-refractivity contribution in [1.82, 2.24) is 10.2 Å². The van der Waals surface area contributed by atoms with Crippen LogP contribution in [0.15, 0.2) is 24.3 Å². The van der Waals surface area contributed by atoms with E-state index < -0.39 is 0 Å². The van der Waals surface area contributed by atoms with Gasteiger partial charge in [-0.05, 0) is 24.6 Å². The third-order valence-electron chi connectivity index (χ3n) is 2.39. The summed E-state index contributed by atoms with van der Waals surface area (Å²) in [6.07, 6.45) is 0. The van der Waals surface area contributed by atoms with Crippen LogP contribution >= 0.6 is 35.6 Å². The van der Waals surface area contributed by atoms with Crippen molar-refractivity contribution >= 4 is 45.8 Å². The van der Waals surface area contributed by atoms with E-state index in [4.69, 9.17) is 23.8 Å². The Morgan fingerprint density at radius 1 is 1.42 bits per heavy atom. The Balaban J connectivity index is 2.42. The molecule has 19 heavy (non-hydrogen) atoms. The number of nitrogens with one attached hydrogen (secondary N) is 1. The Hall–Kier alpha value is -0.780. The lowest BCUT2D eigenvalue weighted by atomic mass is 10.2. The van der Waals surface area contributed by atoms with Gasteiger partial charge in [0.15, 0.2) is 0 Å². The predicted octanol–water partition coefficient (Wildman–Crippen LogP) is 2.92. The maximum absolute atomic E-state index is 11.9. The third-order valence-corrected chi connectivity index (χ3v) is 4.43. The number of benzene rings is 1. The molecule has 0 aliphatic heterocycles. The highest BCUT2D eigenvalue weighted by molar-refractivity contribution is 8.23. The van der Waals surface area contributed by atoms with Gasteiger partial charge in [0.1, 0.15) is 4.32 Å². The second-order valence-corrected chi connectivity index (χ2v) is 6.68. The molecule has 0 spiro atoms. The largest absolute Gasteiger partial charge is 0.364 e. The van der Waals surface area contributed by atoms with Crippen LogP contribution in [0.3, 0.4) is 0 Å². The zero-order chi connectivity index (χ0) is 14.4. The molecule has 1 aromatic carbocycles. The van der Waals surface area contributed by atoms with E-state index in [1.807, 2.05) is 50.2 Å². The number of halogens is 1. The number of thioether (sulfide) groups is 1. The summed E-state index contributed by atoms with van der Waals surface area (Å²) in [6, 6.07) is 7.40. The highest BCUT2D eigenvalue weighted by Gasteiger charge is 2.16. The van der Waals surface area contributed by atoms with Crippen LogP contribution in [0.25, 0.3) is 0 Å². The highest BCUT2D eigenvalue weighted by atomic mass is 35.5. The minimum Gasteiger partial charge on any atom is -0.364 e. The van der Waals surface area contributed by atoms with Crippen molar-refractivity contribution in [1.29, 1.82) is 0 Å². The fourth-order valence-corrected chi connectivity index (χ4v) is 2.51. The maximum Gasteiger partial charge on any atom is 0.233 e. The van der Waals surface area contributed by atoms with Crippen LogP contribution in [-0.4, -0.2) is 34.5 Å². The molecule has 0 unspecified atom stereocenters. The molecule has 0 heterocycles. The van der Waals surface area contributed by atoms with Gasteiger partial charge in [-0.25, -0.2) is 0 Å². The van der Waals surface area contributed by atoms with Crippen LogP contribution in [0.5, 0.6) is 0 Å². The summed E-state index contributed by atoms with van der Waals surface area (Å²) >= 11 is 12.3. The lowest BCUT2D eigenvalue weighted by Crippen LogP contribution is -2.32. The summed E-state index contributed by atoms with van der Waals surface area (Å²) in [5.74, 6) is -0.0239. The van der Waals surface area contributed by atoms with E-state index in [-0.39, 0.29) is 11.2 Å². The maximum atomic E-state index is 11.9. The second-order valence-electron chi connectivity index (χ2n) is 4.26. The molecule has 0 saturated heterocycles. The molecule has 0 aliphatic rings.